The molecule has 0 aromatic heterocycles. The van der Waals surface area contributed by atoms with E-state index in [2.05, 4.69) is 0 Å². The molecule has 0 saturated carbocycles. The van der Waals surface area contributed by atoms with E-state index < -0.39 is 54.9 Å². The van der Waals surface area contributed by atoms with Crippen LogP contribution in [0.1, 0.15) is 12.8 Å². The topological polar surface area (TPSA) is 245 Å². The van der Waals surface area contributed by atoms with Crippen molar-refractivity contribution in [3.63, 3.8) is 0 Å². The summed E-state index contributed by atoms with van der Waals surface area (Å²) in [6, 6.07) is -0.979. The Bertz CT molecular complexity index is 391. The fourth-order valence-corrected chi connectivity index (χ4v) is 1.09. The number of amides is 1. The summed E-state index contributed by atoms with van der Waals surface area (Å²) in [6.45, 7) is -0.843. The number of aliphatic hydroxyl groups is 5. The second kappa shape index (κ2) is 11.7. The Morgan fingerprint density at radius 2 is 1.39 bits per heavy atom. The highest BCUT2D eigenvalue weighted by Gasteiger charge is 2.33. The minimum atomic E-state index is -2.20. The Kier molecular flexibility index (Phi) is 11.9. The van der Waals surface area contributed by atoms with Crippen LogP contribution in [-0.4, -0.2) is 90.7 Å². The maximum absolute atomic E-state index is 10.1. The number of hydrogen-bond acceptors (Lipinski definition) is 9. The molecule has 12 heteroatoms. The van der Waals surface area contributed by atoms with Gasteiger partial charge in [0.1, 0.15) is 24.4 Å². The average Bonchev–Trinajstić information content (AvgIpc) is 2.49. The summed E-state index contributed by atoms with van der Waals surface area (Å²) >= 11 is 0. The van der Waals surface area contributed by atoms with Crippen molar-refractivity contribution >= 4 is 17.8 Å². The van der Waals surface area contributed by atoms with Crippen molar-refractivity contribution in [2.45, 2.75) is 43.3 Å². The van der Waals surface area contributed by atoms with E-state index in [0.717, 1.165) is 0 Å². The number of hydrogen-bond donors (Lipinski definition) is 9. The van der Waals surface area contributed by atoms with Crippen molar-refractivity contribution < 1.29 is 50.1 Å². The van der Waals surface area contributed by atoms with Gasteiger partial charge < -0.3 is 47.2 Å². The normalized spacial score (nSPS) is 17.0. The molecule has 0 heterocycles. The van der Waals surface area contributed by atoms with Gasteiger partial charge in [-0.05, 0) is 6.42 Å². The number of rotatable bonds is 9. The largest absolute Gasteiger partial charge is 0.480 e. The van der Waals surface area contributed by atoms with Crippen molar-refractivity contribution in [2.75, 3.05) is 6.61 Å². The molecule has 1 unspecified atom stereocenters. The number of aliphatic carboxylic acids is 2. The van der Waals surface area contributed by atoms with Gasteiger partial charge in [-0.3, -0.25) is 9.59 Å². The molecule has 0 aromatic rings. The number of carboxylic acids is 2. The summed E-state index contributed by atoms with van der Waals surface area (Å²) in [5.41, 5.74) is 9.81. The maximum atomic E-state index is 10.1. The van der Waals surface area contributed by atoms with Gasteiger partial charge in [0, 0.05) is 6.42 Å². The first kappa shape index (κ1) is 23.4. The summed E-state index contributed by atoms with van der Waals surface area (Å²) < 4.78 is 0. The molecule has 1 amide bonds. The molecule has 0 bridgehead atoms. The molecule has 0 aromatic carbocycles. The van der Waals surface area contributed by atoms with Gasteiger partial charge in [0.25, 0.3) is 0 Å². The van der Waals surface area contributed by atoms with Gasteiger partial charge in [-0.1, -0.05) is 0 Å². The van der Waals surface area contributed by atoms with Crippen LogP contribution in [0.15, 0.2) is 0 Å². The van der Waals surface area contributed by atoms with Crippen molar-refractivity contribution in [1.82, 2.24) is 0 Å². The number of carbonyl (C=O) groups excluding carboxylic acids is 1. The SMILES string of the molecule is NC(=O)CCC(N)C(=O)O.O=C(O)[C@H](O)[C@@H](O)[C@H](O)[C@H](O)CO. The van der Waals surface area contributed by atoms with Crippen LogP contribution < -0.4 is 11.5 Å². The molecule has 12 nitrogen and oxygen atoms in total. The molecule has 0 saturated heterocycles. The number of nitrogens with two attached hydrogens (primary N) is 2. The Labute approximate surface area is 130 Å². The van der Waals surface area contributed by atoms with E-state index in [1.165, 1.54) is 0 Å². The first-order chi connectivity index (χ1) is 10.4. The second-order valence-electron chi connectivity index (χ2n) is 4.46. The molecule has 0 spiro atoms. The molecule has 0 aliphatic rings. The summed E-state index contributed by atoms with van der Waals surface area (Å²) in [5, 5.41) is 60.0. The zero-order chi connectivity index (χ0) is 18.7. The van der Waals surface area contributed by atoms with Gasteiger partial charge >= 0.3 is 11.9 Å². The Balaban J connectivity index is 0. The van der Waals surface area contributed by atoms with Crippen molar-refractivity contribution in [3.8, 4) is 0 Å². The fourth-order valence-electron chi connectivity index (χ4n) is 1.09. The average molecular weight is 342 g/mol. The predicted molar refractivity (Wildman–Crippen MR) is 72.8 cm³/mol. The van der Waals surface area contributed by atoms with Crippen LogP contribution in [0, 0.1) is 0 Å². The van der Waals surface area contributed by atoms with Gasteiger partial charge in [0.2, 0.25) is 5.91 Å². The molecular formula is C11H22N2O10. The van der Waals surface area contributed by atoms with Crippen LogP contribution in [0.3, 0.4) is 0 Å². The molecule has 136 valence electrons. The van der Waals surface area contributed by atoms with Crippen molar-refractivity contribution in [3.05, 3.63) is 0 Å². The molecule has 0 aliphatic carbocycles. The van der Waals surface area contributed by atoms with E-state index >= 15 is 0 Å². The molecule has 0 fully saturated rings. The van der Waals surface area contributed by atoms with Gasteiger partial charge in [-0.15, -0.1) is 0 Å². The van der Waals surface area contributed by atoms with E-state index in [4.69, 9.17) is 47.2 Å². The molecular weight excluding hydrogens is 320 g/mol. The third-order valence-corrected chi connectivity index (χ3v) is 2.53. The summed E-state index contributed by atoms with van der Waals surface area (Å²) in [5.74, 6) is -3.37. The van der Waals surface area contributed by atoms with Crippen LogP contribution in [0.5, 0.6) is 0 Å². The van der Waals surface area contributed by atoms with Gasteiger partial charge in [0.05, 0.1) is 6.61 Å². The van der Waals surface area contributed by atoms with E-state index in [1.54, 1.807) is 0 Å². The van der Waals surface area contributed by atoms with Gasteiger partial charge in [-0.25, -0.2) is 4.79 Å². The molecule has 0 radical (unpaired) electrons. The highest BCUT2D eigenvalue weighted by molar-refractivity contribution is 5.77. The lowest BCUT2D eigenvalue weighted by Gasteiger charge is -2.23. The third kappa shape index (κ3) is 10.5. The lowest BCUT2D eigenvalue weighted by Crippen LogP contribution is -2.48. The Morgan fingerprint density at radius 3 is 1.70 bits per heavy atom. The summed E-state index contributed by atoms with van der Waals surface area (Å²) in [7, 11) is 0. The highest BCUT2D eigenvalue weighted by Crippen LogP contribution is 2.04. The number of aliphatic hydroxyl groups excluding tert-OH is 5. The number of carbonyl (C=O) groups is 3. The maximum Gasteiger partial charge on any atom is 0.335 e. The minimum absolute atomic E-state index is 0.0213. The smallest absolute Gasteiger partial charge is 0.335 e. The standard InChI is InChI=1S/C6H12O7.C5H10N2O3/c7-1-2(8)3(9)4(10)5(11)6(12)13;6-3(5(9)10)1-2-4(7)8/h2-5,7-11H,1H2,(H,12,13);3H,1-2,6H2,(H2,7,8)(H,9,10)/t2-,3-,4+,5-;/m1./s1. The quantitative estimate of drug-likeness (QED) is 0.192. The summed E-state index contributed by atoms with van der Waals surface area (Å²) in [6.07, 6.45) is -7.71. The van der Waals surface area contributed by atoms with Crippen LogP contribution >= 0.6 is 0 Å². The zero-order valence-corrected chi connectivity index (χ0v) is 12.0. The third-order valence-electron chi connectivity index (χ3n) is 2.53. The number of primary amides is 1. The van der Waals surface area contributed by atoms with E-state index in [0.29, 0.717) is 0 Å². The van der Waals surface area contributed by atoms with Crippen LogP contribution in [-0.2, 0) is 14.4 Å². The summed E-state index contributed by atoms with van der Waals surface area (Å²) in [4.78, 5) is 30.2. The fraction of sp³-hybridized carbons (Fsp3) is 0.727. The van der Waals surface area contributed by atoms with Crippen LogP contribution in [0.25, 0.3) is 0 Å². The van der Waals surface area contributed by atoms with Crippen LogP contribution in [0.4, 0.5) is 0 Å². The molecule has 0 aliphatic heterocycles. The highest BCUT2D eigenvalue weighted by atomic mass is 16.4. The van der Waals surface area contributed by atoms with E-state index in [-0.39, 0.29) is 12.8 Å². The predicted octanol–water partition coefficient (Wildman–Crippen LogP) is -4.83. The monoisotopic (exact) mass is 342 g/mol. The Morgan fingerprint density at radius 1 is 0.913 bits per heavy atom. The molecule has 11 N–H and O–H groups in total. The van der Waals surface area contributed by atoms with Crippen molar-refractivity contribution in [1.29, 1.82) is 0 Å². The number of carboxylic acid groups (broad SMARTS) is 2. The minimum Gasteiger partial charge on any atom is -0.480 e. The molecule has 0 rings (SSSR count). The lowest BCUT2D eigenvalue weighted by atomic mass is 10.0. The lowest BCUT2D eigenvalue weighted by molar-refractivity contribution is -0.164. The Hall–Kier alpha value is -1.83. The zero-order valence-electron chi connectivity index (χ0n) is 12.0. The first-order valence-electron chi connectivity index (χ1n) is 6.28. The first-order valence-corrected chi connectivity index (χ1v) is 6.28. The van der Waals surface area contributed by atoms with Crippen LogP contribution in [0.2, 0.25) is 0 Å². The molecule has 23 heavy (non-hydrogen) atoms. The van der Waals surface area contributed by atoms with Gasteiger partial charge in [-0.2, -0.15) is 0 Å². The van der Waals surface area contributed by atoms with E-state index in [9.17, 15) is 14.4 Å². The second-order valence-corrected chi connectivity index (χ2v) is 4.46. The van der Waals surface area contributed by atoms with Gasteiger partial charge in [0.15, 0.2) is 6.10 Å². The van der Waals surface area contributed by atoms with Crippen molar-refractivity contribution in [2.24, 2.45) is 11.5 Å². The molecule has 5 atom stereocenters. The van der Waals surface area contributed by atoms with E-state index in [1.807, 2.05) is 0 Å².